The Balaban J connectivity index is 2.20. The van der Waals surface area contributed by atoms with Crippen LogP contribution in [0.2, 0.25) is 0 Å². The lowest BCUT2D eigenvalue weighted by molar-refractivity contribution is -0.122. The van der Waals surface area contributed by atoms with Crippen molar-refractivity contribution in [2.24, 2.45) is 0 Å². The standard InChI is InChI=1S/C12H21N3O3/c1-3-10(7-8-16)14-11(17)5-4-6-12-13-9(2)15-18-12/h10,16H,3-8H2,1-2H3,(H,14,17). The van der Waals surface area contributed by atoms with Crippen LogP contribution in [-0.4, -0.2) is 33.8 Å². The predicted molar refractivity (Wildman–Crippen MR) is 65.9 cm³/mol. The molecule has 0 aromatic carbocycles. The molecule has 0 spiro atoms. The summed E-state index contributed by atoms with van der Waals surface area (Å²) in [7, 11) is 0. The lowest BCUT2D eigenvalue weighted by atomic mass is 10.1. The maximum atomic E-state index is 11.6. The summed E-state index contributed by atoms with van der Waals surface area (Å²) in [5.41, 5.74) is 0. The molecule has 1 unspecified atom stereocenters. The monoisotopic (exact) mass is 255 g/mol. The van der Waals surface area contributed by atoms with Crippen molar-refractivity contribution in [1.29, 1.82) is 0 Å². The van der Waals surface area contributed by atoms with Gasteiger partial charge in [-0.25, -0.2) is 0 Å². The van der Waals surface area contributed by atoms with Crippen LogP contribution < -0.4 is 5.32 Å². The Labute approximate surface area is 107 Å². The molecule has 18 heavy (non-hydrogen) atoms. The van der Waals surface area contributed by atoms with E-state index < -0.39 is 0 Å². The summed E-state index contributed by atoms with van der Waals surface area (Å²) in [6.07, 6.45) is 3.16. The van der Waals surface area contributed by atoms with Gasteiger partial charge in [0.25, 0.3) is 0 Å². The highest BCUT2D eigenvalue weighted by molar-refractivity contribution is 5.76. The van der Waals surface area contributed by atoms with Crippen LogP contribution in [0.25, 0.3) is 0 Å². The van der Waals surface area contributed by atoms with Crippen LogP contribution in [0.4, 0.5) is 0 Å². The van der Waals surface area contributed by atoms with Crippen LogP contribution in [-0.2, 0) is 11.2 Å². The molecule has 0 aliphatic carbocycles. The van der Waals surface area contributed by atoms with E-state index in [1.807, 2.05) is 6.92 Å². The van der Waals surface area contributed by atoms with E-state index in [0.29, 0.717) is 37.4 Å². The normalized spacial score (nSPS) is 12.4. The molecule has 102 valence electrons. The molecule has 0 aliphatic heterocycles. The van der Waals surface area contributed by atoms with Gasteiger partial charge in [0.05, 0.1) is 0 Å². The Kier molecular flexibility index (Phi) is 6.35. The third kappa shape index (κ3) is 5.27. The summed E-state index contributed by atoms with van der Waals surface area (Å²) in [4.78, 5) is 15.7. The number of rotatable bonds is 8. The molecule has 1 aromatic rings. The first-order valence-electron chi connectivity index (χ1n) is 6.35. The maximum Gasteiger partial charge on any atom is 0.226 e. The summed E-state index contributed by atoms with van der Waals surface area (Å²) in [6, 6.07) is 0.0631. The Hall–Kier alpha value is -1.43. The Bertz CT molecular complexity index is 365. The highest BCUT2D eigenvalue weighted by Crippen LogP contribution is 2.03. The molecule has 1 atom stereocenters. The van der Waals surface area contributed by atoms with Crippen LogP contribution in [0.15, 0.2) is 4.52 Å². The topological polar surface area (TPSA) is 88.2 Å². The van der Waals surface area contributed by atoms with Gasteiger partial charge in [-0.3, -0.25) is 4.79 Å². The number of carbonyl (C=O) groups excluding carboxylic acids is 1. The van der Waals surface area contributed by atoms with Crippen molar-refractivity contribution in [3.63, 3.8) is 0 Å². The minimum atomic E-state index is 0.00605. The molecule has 1 amide bonds. The van der Waals surface area contributed by atoms with Gasteiger partial charge in [-0.15, -0.1) is 0 Å². The van der Waals surface area contributed by atoms with Gasteiger partial charge >= 0.3 is 0 Å². The molecule has 1 rings (SSSR count). The fourth-order valence-electron chi connectivity index (χ4n) is 1.68. The molecule has 6 heteroatoms. The van der Waals surface area contributed by atoms with Crippen molar-refractivity contribution >= 4 is 5.91 Å². The number of nitrogens with one attached hydrogen (secondary N) is 1. The molecule has 1 aromatic heterocycles. The third-order valence-corrected chi connectivity index (χ3v) is 2.70. The van der Waals surface area contributed by atoms with Gasteiger partial charge in [0.1, 0.15) is 0 Å². The molecule has 6 nitrogen and oxygen atoms in total. The molecule has 0 radical (unpaired) electrons. The Morgan fingerprint density at radius 1 is 1.56 bits per heavy atom. The van der Waals surface area contributed by atoms with Gasteiger partial charge in [-0.05, 0) is 26.2 Å². The highest BCUT2D eigenvalue weighted by atomic mass is 16.5. The van der Waals surface area contributed by atoms with Gasteiger partial charge in [-0.2, -0.15) is 4.98 Å². The smallest absolute Gasteiger partial charge is 0.226 e. The lowest BCUT2D eigenvalue weighted by Crippen LogP contribution is -2.34. The molecular formula is C12H21N3O3. The quantitative estimate of drug-likeness (QED) is 0.723. The number of hydrogen-bond acceptors (Lipinski definition) is 5. The number of carbonyl (C=O) groups is 1. The largest absolute Gasteiger partial charge is 0.396 e. The number of aliphatic hydroxyl groups excluding tert-OH is 1. The fraction of sp³-hybridized carbons (Fsp3) is 0.750. The van der Waals surface area contributed by atoms with Crippen LogP contribution in [0, 0.1) is 6.92 Å². The van der Waals surface area contributed by atoms with Crippen molar-refractivity contribution in [3.05, 3.63) is 11.7 Å². The van der Waals surface area contributed by atoms with Crippen molar-refractivity contribution in [1.82, 2.24) is 15.5 Å². The van der Waals surface area contributed by atoms with Crippen LogP contribution >= 0.6 is 0 Å². The average Bonchev–Trinajstić information content (AvgIpc) is 2.74. The van der Waals surface area contributed by atoms with Crippen molar-refractivity contribution < 1.29 is 14.4 Å². The van der Waals surface area contributed by atoms with Gasteiger partial charge < -0.3 is 14.9 Å². The zero-order valence-corrected chi connectivity index (χ0v) is 11.0. The van der Waals surface area contributed by atoms with E-state index in [-0.39, 0.29) is 18.6 Å². The van der Waals surface area contributed by atoms with Crippen LogP contribution in [0.3, 0.4) is 0 Å². The van der Waals surface area contributed by atoms with Gasteiger partial charge in [0.2, 0.25) is 11.8 Å². The van der Waals surface area contributed by atoms with Crippen LogP contribution in [0.1, 0.15) is 44.3 Å². The van der Waals surface area contributed by atoms with E-state index >= 15 is 0 Å². The second-order valence-electron chi connectivity index (χ2n) is 4.27. The lowest BCUT2D eigenvalue weighted by Gasteiger charge is -2.15. The van der Waals surface area contributed by atoms with Crippen LogP contribution in [0.5, 0.6) is 0 Å². The highest BCUT2D eigenvalue weighted by Gasteiger charge is 2.10. The van der Waals surface area contributed by atoms with E-state index in [1.165, 1.54) is 0 Å². The Morgan fingerprint density at radius 2 is 2.33 bits per heavy atom. The predicted octanol–water partition coefficient (Wildman–Crippen LogP) is 0.978. The van der Waals surface area contributed by atoms with Gasteiger partial charge in [-0.1, -0.05) is 12.1 Å². The molecule has 0 bridgehead atoms. The fourth-order valence-corrected chi connectivity index (χ4v) is 1.68. The number of aromatic nitrogens is 2. The first-order valence-corrected chi connectivity index (χ1v) is 6.35. The second kappa shape index (κ2) is 7.81. The first kappa shape index (κ1) is 14.6. The van der Waals surface area contributed by atoms with Gasteiger partial charge in [0, 0.05) is 25.5 Å². The summed E-state index contributed by atoms with van der Waals surface area (Å²) in [6.45, 7) is 3.85. The second-order valence-corrected chi connectivity index (χ2v) is 4.27. The van der Waals surface area contributed by atoms with Crippen molar-refractivity contribution in [3.8, 4) is 0 Å². The summed E-state index contributed by atoms with van der Waals surface area (Å²) >= 11 is 0. The molecule has 0 saturated carbocycles. The van der Waals surface area contributed by atoms with Gasteiger partial charge in [0.15, 0.2) is 5.82 Å². The molecular weight excluding hydrogens is 234 g/mol. The van der Waals surface area contributed by atoms with E-state index in [0.717, 1.165) is 6.42 Å². The zero-order valence-electron chi connectivity index (χ0n) is 11.0. The molecule has 2 N–H and O–H groups in total. The maximum absolute atomic E-state index is 11.6. The third-order valence-electron chi connectivity index (χ3n) is 2.70. The van der Waals surface area contributed by atoms with E-state index in [1.54, 1.807) is 6.92 Å². The van der Waals surface area contributed by atoms with E-state index in [2.05, 4.69) is 15.5 Å². The number of aliphatic hydroxyl groups is 1. The number of hydrogen-bond donors (Lipinski definition) is 2. The summed E-state index contributed by atoms with van der Waals surface area (Å²) in [5, 5.41) is 15.4. The number of aryl methyl sites for hydroxylation is 2. The molecule has 0 fully saturated rings. The minimum absolute atomic E-state index is 0.00605. The Morgan fingerprint density at radius 3 is 2.89 bits per heavy atom. The van der Waals surface area contributed by atoms with Crippen molar-refractivity contribution in [2.45, 2.75) is 52.0 Å². The summed E-state index contributed by atoms with van der Waals surface area (Å²) in [5.74, 6) is 1.19. The molecule has 1 heterocycles. The average molecular weight is 255 g/mol. The number of amides is 1. The van der Waals surface area contributed by atoms with E-state index in [9.17, 15) is 4.79 Å². The minimum Gasteiger partial charge on any atom is -0.396 e. The first-order chi connectivity index (χ1) is 8.65. The zero-order chi connectivity index (χ0) is 13.4. The molecule has 0 saturated heterocycles. The molecule has 0 aliphatic rings. The SMILES string of the molecule is CCC(CCO)NC(=O)CCCc1nc(C)no1. The summed E-state index contributed by atoms with van der Waals surface area (Å²) < 4.78 is 4.96. The van der Waals surface area contributed by atoms with E-state index in [4.69, 9.17) is 9.63 Å². The number of nitrogens with zero attached hydrogens (tertiary/aromatic N) is 2. The van der Waals surface area contributed by atoms with Crippen molar-refractivity contribution in [2.75, 3.05) is 6.61 Å².